The number of ether oxygens (including phenoxy) is 2. The number of amides is 7. The van der Waals surface area contributed by atoms with E-state index in [-0.39, 0.29) is 72.5 Å². The van der Waals surface area contributed by atoms with E-state index < -0.39 is 48.3 Å². The Balaban J connectivity index is 0.771. The van der Waals surface area contributed by atoms with Gasteiger partial charge in [0.25, 0.3) is 23.6 Å². The second kappa shape index (κ2) is 20.9. The Morgan fingerprint density at radius 1 is 0.817 bits per heavy atom. The molecule has 7 amide bonds. The number of hydrogen-bond acceptors (Lipinski definition) is 14. The maximum absolute atomic E-state index is 13.8. The van der Waals surface area contributed by atoms with E-state index in [4.69, 9.17) is 26.8 Å². The van der Waals surface area contributed by atoms with E-state index in [9.17, 15) is 38.8 Å². The van der Waals surface area contributed by atoms with Crippen LogP contribution in [0.4, 0.5) is 16.2 Å². The first-order valence-corrected chi connectivity index (χ1v) is 24.5. The van der Waals surface area contributed by atoms with Crippen LogP contribution in [0, 0.1) is 28.1 Å². The molecule has 1 aliphatic carbocycles. The Kier molecular flexibility index (Phi) is 14.9. The van der Waals surface area contributed by atoms with Crippen molar-refractivity contribution < 1.29 is 43.0 Å². The lowest BCUT2D eigenvalue weighted by molar-refractivity contribution is -0.164. The fourth-order valence-electron chi connectivity index (χ4n) is 11.1. The molecule has 4 fully saturated rings. The summed E-state index contributed by atoms with van der Waals surface area (Å²) in [7, 11) is 0. The number of benzene rings is 3. The number of rotatable bonds is 15. The third-order valence-electron chi connectivity index (χ3n) is 14.7. The number of carbonyl (C=O) groups excluding carboxylic acids is 7. The summed E-state index contributed by atoms with van der Waals surface area (Å²) >= 11 is 6.26. The van der Waals surface area contributed by atoms with Crippen LogP contribution in [0.1, 0.15) is 90.0 Å². The van der Waals surface area contributed by atoms with Crippen molar-refractivity contribution in [2.45, 2.75) is 71.6 Å². The standard InChI is InChI=1S/C51H61ClN10O9/c1-50(2)47(51(3,4)48(50)71-36-11-7-33(27-53)39(52)26-36)57-43(65)32-5-8-34(9-6-32)59-18-15-31(16-19-59)29-58-20-22-60(23-21-58)35-10-12-37-38(25-35)45(67)62(44(37)66)40-13-14-42(64)61(46(40)68)30-56-49(69)70-24-17-55-41(63)28-54/h5-12,25-26,31,40,47-48H,13-24,28-30,54H2,1-4H3,(H,55,63)(H,56,69)(H,57,65). The number of hydrogen-bond donors (Lipinski definition) is 4. The van der Waals surface area contributed by atoms with Gasteiger partial charge in [-0.25, -0.2) is 4.79 Å². The average Bonchev–Trinajstić information content (AvgIpc) is 3.61. The van der Waals surface area contributed by atoms with Crippen LogP contribution >= 0.6 is 11.6 Å². The summed E-state index contributed by atoms with van der Waals surface area (Å²) in [4.78, 5) is 99.5. The fraction of sp³-hybridized carbons (Fsp3) is 0.490. The number of piperidine rings is 2. The molecule has 3 saturated heterocycles. The van der Waals surface area contributed by atoms with Crippen LogP contribution in [0.25, 0.3) is 0 Å². The topological polar surface area (TPSA) is 240 Å². The van der Waals surface area contributed by atoms with Gasteiger partial charge in [0.1, 0.15) is 37.2 Å². The molecule has 19 nitrogen and oxygen atoms in total. The van der Waals surface area contributed by atoms with Gasteiger partial charge in [-0.3, -0.25) is 43.5 Å². The summed E-state index contributed by atoms with van der Waals surface area (Å²) in [6, 6.07) is 18.8. The molecule has 4 heterocycles. The number of fused-ring (bicyclic) bond motifs is 1. The highest BCUT2D eigenvalue weighted by molar-refractivity contribution is 6.31. The van der Waals surface area contributed by atoms with Gasteiger partial charge in [-0.05, 0) is 79.8 Å². The van der Waals surface area contributed by atoms with Gasteiger partial charge in [0.05, 0.1) is 34.8 Å². The van der Waals surface area contributed by atoms with E-state index in [0.717, 1.165) is 79.8 Å². The third-order valence-corrected chi connectivity index (χ3v) is 15.0. The van der Waals surface area contributed by atoms with Crippen LogP contribution in [0.5, 0.6) is 5.75 Å². The van der Waals surface area contributed by atoms with E-state index in [0.29, 0.717) is 27.8 Å². The Bertz CT molecular complexity index is 2600. The minimum Gasteiger partial charge on any atom is -0.489 e. The summed E-state index contributed by atoms with van der Waals surface area (Å²) in [5, 5.41) is 17.6. The Morgan fingerprint density at radius 3 is 2.14 bits per heavy atom. The van der Waals surface area contributed by atoms with Gasteiger partial charge in [-0.15, -0.1) is 0 Å². The molecule has 0 aromatic heterocycles. The highest BCUT2D eigenvalue weighted by atomic mass is 35.5. The van der Waals surface area contributed by atoms with Crippen LogP contribution < -0.4 is 36.2 Å². The number of carbonyl (C=O) groups is 7. The SMILES string of the molecule is CC1(C)C(NC(=O)c2ccc(N3CCC(CN4CCN(c5ccc6c(c5)C(=O)N(C5CCC(=O)N(CNC(=O)OCCNC(=O)CN)C5=O)C6=O)CC4)CC3)cc2)C(C)(C)C1Oc1ccc(C#N)c(Cl)c1. The molecular formula is C51H61ClN10O9. The number of nitrogens with zero attached hydrogens (tertiary/aromatic N) is 6. The molecule has 4 aliphatic heterocycles. The molecule has 71 heavy (non-hydrogen) atoms. The highest BCUT2D eigenvalue weighted by Gasteiger charge is 2.64. The lowest BCUT2D eigenvalue weighted by Crippen LogP contribution is -2.74. The van der Waals surface area contributed by atoms with E-state index >= 15 is 0 Å². The number of piperazine rings is 1. The summed E-state index contributed by atoms with van der Waals surface area (Å²) in [5.41, 5.74) is 7.75. The lowest BCUT2D eigenvalue weighted by Gasteiger charge is -2.63. The smallest absolute Gasteiger partial charge is 0.408 e. The predicted octanol–water partition coefficient (Wildman–Crippen LogP) is 3.73. The molecule has 1 unspecified atom stereocenters. The van der Waals surface area contributed by atoms with E-state index in [2.05, 4.69) is 64.4 Å². The maximum atomic E-state index is 13.8. The van der Waals surface area contributed by atoms with Gasteiger partial charge in [0.15, 0.2) is 0 Å². The van der Waals surface area contributed by atoms with Crippen LogP contribution in [0.2, 0.25) is 5.02 Å². The van der Waals surface area contributed by atoms with Crippen molar-refractivity contribution in [3.63, 3.8) is 0 Å². The molecule has 0 radical (unpaired) electrons. The number of alkyl carbamates (subject to hydrolysis) is 1. The molecule has 8 rings (SSSR count). The van der Waals surface area contributed by atoms with Crippen molar-refractivity contribution in [1.29, 1.82) is 5.26 Å². The summed E-state index contributed by atoms with van der Waals surface area (Å²) in [6.45, 7) is 13.4. The largest absolute Gasteiger partial charge is 0.489 e. The zero-order valence-corrected chi connectivity index (χ0v) is 41.3. The monoisotopic (exact) mass is 992 g/mol. The van der Waals surface area contributed by atoms with Crippen LogP contribution in [-0.2, 0) is 19.1 Å². The molecular weight excluding hydrogens is 932 g/mol. The predicted molar refractivity (Wildman–Crippen MR) is 263 cm³/mol. The molecule has 20 heteroatoms. The van der Waals surface area contributed by atoms with E-state index in [1.54, 1.807) is 30.3 Å². The van der Waals surface area contributed by atoms with Crippen molar-refractivity contribution in [2.75, 3.05) is 82.0 Å². The van der Waals surface area contributed by atoms with Gasteiger partial charge in [-0.1, -0.05) is 39.3 Å². The molecule has 0 bridgehead atoms. The number of nitrogens with one attached hydrogen (secondary N) is 3. The second-order valence-electron chi connectivity index (χ2n) is 20.0. The molecule has 0 spiro atoms. The van der Waals surface area contributed by atoms with Gasteiger partial charge < -0.3 is 41.0 Å². The third kappa shape index (κ3) is 10.5. The van der Waals surface area contributed by atoms with E-state index in [1.165, 1.54) is 0 Å². The Morgan fingerprint density at radius 2 is 1.48 bits per heavy atom. The molecule has 1 saturated carbocycles. The number of likely N-dealkylation sites (tertiary alicyclic amines) is 1. The first kappa shape index (κ1) is 50.6. The highest BCUT2D eigenvalue weighted by Crippen LogP contribution is 2.55. The van der Waals surface area contributed by atoms with Crippen LogP contribution in [0.15, 0.2) is 60.7 Å². The zero-order valence-electron chi connectivity index (χ0n) is 40.5. The van der Waals surface area contributed by atoms with Crippen LogP contribution in [-0.4, -0.2) is 147 Å². The van der Waals surface area contributed by atoms with Gasteiger partial charge in [0.2, 0.25) is 11.8 Å². The van der Waals surface area contributed by atoms with Crippen molar-refractivity contribution in [3.05, 3.63) is 87.9 Å². The van der Waals surface area contributed by atoms with Crippen LogP contribution in [0.3, 0.4) is 0 Å². The molecule has 3 aromatic carbocycles. The van der Waals surface area contributed by atoms with Gasteiger partial charge in [0, 0.05) is 92.1 Å². The minimum absolute atomic E-state index is 0.0242. The average molecular weight is 994 g/mol. The number of nitriles is 1. The number of halogens is 1. The molecule has 376 valence electrons. The fourth-order valence-corrected chi connectivity index (χ4v) is 11.3. The zero-order chi connectivity index (χ0) is 50.8. The van der Waals surface area contributed by atoms with Gasteiger partial charge in [-0.2, -0.15) is 5.26 Å². The first-order chi connectivity index (χ1) is 33.9. The maximum Gasteiger partial charge on any atom is 0.408 e. The lowest BCUT2D eigenvalue weighted by atomic mass is 9.49. The van der Waals surface area contributed by atoms with Gasteiger partial charge >= 0.3 is 6.09 Å². The summed E-state index contributed by atoms with van der Waals surface area (Å²) in [5.74, 6) is -1.99. The Labute approximate surface area is 417 Å². The molecule has 5 N–H and O–H groups in total. The summed E-state index contributed by atoms with van der Waals surface area (Å²) < 4.78 is 11.4. The number of nitrogens with two attached hydrogens (primary N) is 1. The van der Waals surface area contributed by atoms with E-state index in [1.807, 2.05) is 30.3 Å². The van der Waals surface area contributed by atoms with Crippen molar-refractivity contribution in [1.82, 2.24) is 30.7 Å². The quantitative estimate of drug-likeness (QED) is 0.125. The molecule has 5 aliphatic rings. The second-order valence-corrected chi connectivity index (χ2v) is 20.4. The molecule has 3 aromatic rings. The minimum atomic E-state index is -1.22. The first-order valence-electron chi connectivity index (χ1n) is 24.1. The normalized spacial score (nSPS) is 22.1. The summed E-state index contributed by atoms with van der Waals surface area (Å²) in [6.07, 6.45) is 0.804. The molecule has 1 atom stereocenters. The van der Waals surface area contributed by atoms with Crippen molar-refractivity contribution in [2.24, 2.45) is 22.5 Å². The van der Waals surface area contributed by atoms with Crippen molar-refractivity contribution in [3.8, 4) is 11.8 Å². The number of imide groups is 2. The van der Waals surface area contributed by atoms with Crippen molar-refractivity contribution >= 4 is 64.5 Å². The number of anilines is 2. The Hall–Kier alpha value is -6.75.